The first kappa shape index (κ1) is 19.2. The molecular formula is C19H18Br2FNO3. The van der Waals surface area contributed by atoms with Crippen LogP contribution in [-0.2, 0) is 17.8 Å². The van der Waals surface area contributed by atoms with Gasteiger partial charge >= 0.3 is 5.97 Å². The van der Waals surface area contributed by atoms with Crippen molar-refractivity contribution < 1.29 is 19.0 Å². The van der Waals surface area contributed by atoms with E-state index in [0.717, 1.165) is 6.54 Å². The maximum atomic E-state index is 14.6. The largest absolute Gasteiger partial charge is 0.486 e. The number of carboxylic acid groups (broad SMARTS) is 1. The summed E-state index contributed by atoms with van der Waals surface area (Å²) >= 11 is 6.78. The Morgan fingerprint density at radius 1 is 1.27 bits per heavy atom. The van der Waals surface area contributed by atoms with Crippen molar-refractivity contribution >= 4 is 43.5 Å². The lowest BCUT2D eigenvalue weighted by atomic mass is 10.1. The van der Waals surface area contributed by atoms with Crippen LogP contribution in [0.5, 0.6) is 5.75 Å². The highest BCUT2D eigenvalue weighted by atomic mass is 79.9. The fourth-order valence-corrected chi connectivity index (χ4v) is 4.09. The molecule has 26 heavy (non-hydrogen) atoms. The molecule has 0 radical (unpaired) electrons. The minimum absolute atomic E-state index is 0.0697. The van der Waals surface area contributed by atoms with Crippen molar-refractivity contribution in [1.82, 2.24) is 0 Å². The van der Waals surface area contributed by atoms with Crippen LogP contribution >= 0.6 is 31.9 Å². The summed E-state index contributed by atoms with van der Waals surface area (Å²) in [7, 11) is 0. The van der Waals surface area contributed by atoms with E-state index in [1.54, 1.807) is 30.3 Å². The van der Waals surface area contributed by atoms with Crippen molar-refractivity contribution in [3.8, 4) is 5.75 Å². The molecule has 4 nitrogen and oxygen atoms in total. The molecule has 0 aromatic heterocycles. The molecule has 1 saturated carbocycles. The van der Waals surface area contributed by atoms with E-state index in [-0.39, 0.29) is 18.8 Å². The monoisotopic (exact) mass is 485 g/mol. The molecule has 3 rings (SSSR count). The molecular weight excluding hydrogens is 469 g/mol. The lowest BCUT2D eigenvalue weighted by Gasteiger charge is -2.14. The van der Waals surface area contributed by atoms with Gasteiger partial charge in [-0.15, -0.1) is 0 Å². The van der Waals surface area contributed by atoms with Crippen molar-refractivity contribution in [1.29, 1.82) is 0 Å². The second kappa shape index (κ2) is 8.39. The van der Waals surface area contributed by atoms with Crippen LogP contribution in [-0.4, -0.2) is 17.6 Å². The standard InChI is InChI=1S/C19H18Br2FNO3/c20-14-6-12(8-17(24)25)7-15(21)19(14)26-10-13-2-1-3-16(18(13)22)23-9-11-4-5-11/h1-3,6-7,11,23H,4-5,8-10H2,(H,24,25). The summed E-state index contributed by atoms with van der Waals surface area (Å²) in [4.78, 5) is 10.8. The number of rotatable bonds is 8. The lowest BCUT2D eigenvalue weighted by Crippen LogP contribution is -2.08. The molecule has 0 aliphatic heterocycles. The molecule has 2 aromatic rings. The van der Waals surface area contributed by atoms with Gasteiger partial charge in [0.1, 0.15) is 12.4 Å². The topological polar surface area (TPSA) is 58.6 Å². The third kappa shape index (κ3) is 4.98. The summed E-state index contributed by atoms with van der Waals surface area (Å²) in [6.07, 6.45) is 2.33. The van der Waals surface area contributed by atoms with E-state index in [2.05, 4.69) is 37.2 Å². The zero-order valence-corrected chi connectivity index (χ0v) is 17.1. The maximum absolute atomic E-state index is 14.6. The Kier molecular flexibility index (Phi) is 6.19. The van der Waals surface area contributed by atoms with Gasteiger partial charge in [-0.1, -0.05) is 12.1 Å². The van der Waals surface area contributed by atoms with Crippen LogP contribution in [0.25, 0.3) is 0 Å². The molecule has 1 aliphatic carbocycles. The predicted molar refractivity (Wildman–Crippen MR) is 105 cm³/mol. The first-order chi connectivity index (χ1) is 12.4. The van der Waals surface area contributed by atoms with Gasteiger partial charge in [0.05, 0.1) is 21.1 Å². The fourth-order valence-electron chi connectivity index (χ4n) is 2.58. The molecule has 0 unspecified atom stereocenters. The van der Waals surface area contributed by atoms with Crippen LogP contribution in [0, 0.1) is 11.7 Å². The van der Waals surface area contributed by atoms with Crippen LogP contribution in [0.4, 0.5) is 10.1 Å². The van der Waals surface area contributed by atoms with E-state index >= 15 is 0 Å². The van der Waals surface area contributed by atoms with Gasteiger partial charge in [0.2, 0.25) is 0 Å². The lowest BCUT2D eigenvalue weighted by molar-refractivity contribution is -0.136. The molecule has 7 heteroatoms. The third-order valence-corrected chi connectivity index (χ3v) is 5.32. The first-order valence-electron chi connectivity index (χ1n) is 8.28. The highest BCUT2D eigenvalue weighted by Crippen LogP contribution is 2.36. The number of nitrogens with one attached hydrogen (secondary N) is 1. The smallest absolute Gasteiger partial charge is 0.307 e. The van der Waals surface area contributed by atoms with Crippen LogP contribution < -0.4 is 10.1 Å². The fraction of sp³-hybridized carbons (Fsp3) is 0.316. The van der Waals surface area contributed by atoms with E-state index in [1.807, 2.05) is 0 Å². The van der Waals surface area contributed by atoms with Gasteiger partial charge in [-0.3, -0.25) is 4.79 Å². The number of benzene rings is 2. The summed E-state index contributed by atoms with van der Waals surface area (Å²) in [5.41, 5.74) is 1.59. The zero-order chi connectivity index (χ0) is 18.7. The van der Waals surface area contributed by atoms with Crippen molar-refractivity contribution in [3.05, 3.63) is 56.2 Å². The first-order valence-corrected chi connectivity index (χ1v) is 9.86. The number of carboxylic acids is 1. The molecule has 0 amide bonds. The maximum Gasteiger partial charge on any atom is 0.307 e. The van der Waals surface area contributed by atoms with E-state index in [0.29, 0.717) is 37.4 Å². The van der Waals surface area contributed by atoms with Crippen molar-refractivity contribution in [2.45, 2.75) is 25.9 Å². The van der Waals surface area contributed by atoms with Gasteiger partial charge in [-0.2, -0.15) is 0 Å². The second-order valence-corrected chi connectivity index (χ2v) is 8.06. The third-order valence-electron chi connectivity index (χ3n) is 4.14. The van der Waals surface area contributed by atoms with E-state index in [1.165, 1.54) is 12.8 Å². The highest BCUT2D eigenvalue weighted by Gasteiger charge is 2.21. The highest BCUT2D eigenvalue weighted by molar-refractivity contribution is 9.11. The Morgan fingerprint density at radius 3 is 2.58 bits per heavy atom. The quantitative estimate of drug-likeness (QED) is 0.526. The summed E-state index contributed by atoms with van der Waals surface area (Å²) in [5, 5.41) is 12.1. The average molecular weight is 487 g/mol. The average Bonchev–Trinajstić information content (AvgIpc) is 3.38. The molecule has 2 N–H and O–H groups in total. The number of hydrogen-bond donors (Lipinski definition) is 2. The number of carbonyl (C=O) groups is 1. The second-order valence-electron chi connectivity index (χ2n) is 6.35. The summed E-state index contributed by atoms with van der Waals surface area (Å²) in [6.45, 7) is 0.865. The molecule has 1 fully saturated rings. The van der Waals surface area contributed by atoms with Gasteiger partial charge in [0, 0.05) is 12.1 Å². The van der Waals surface area contributed by atoms with Gasteiger partial charge in [0.15, 0.2) is 5.82 Å². The Hall–Kier alpha value is -1.60. The van der Waals surface area contributed by atoms with Crippen LogP contribution in [0.3, 0.4) is 0 Å². The van der Waals surface area contributed by atoms with Gasteiger partial charge in [-0.25, -0.2) is 4.39 Å². The van der Waals surface area contributed by atoms with Crippen LogP contribution in [0.15, 0.2) is 39.3 Å². The molecule has 0 heterocycles. The van der Waals surface area contributed by atoms with E-state index in [9.17, 15) is 9.18 Å². The van der Waals surface area contributed by atoms with Crippen molar-refractivity contribution in [2.24, 2.45) is 5.92 Å². The summed E-state index contributed by atoms with van der Waals surface area (Å²) in [6, 6.07) is 8.61. The van der Waals surface area contributed by atoms with Crippen molar-refractivity contribution in [2.75, 3.05) is 11.9 Å². The van der Waals surface area contributed by atoms with Crippen LogP contribution in [0.2, 0.25) is 0 Å². The number of hydrogen-bond acceptors (Lipinski definition) is 3. The minimum Gasteiger partial charge on any atom is -0.486 e. The number of ether oxygens (including phenoxy) is 1. The minimum atomic E-state index is -0.907. The Bertz CT molecular complexity index is 801. The molecule has 0 spiro atoms. The normalized spacial score (nSPS) is 13.5. The summed E-state index contributed by atoms with van der Waals surface area (Å²) < 4.78 is 21.6. The van der Waals surface area contributed by atoms with Gasteiger partial charge < -0.3 is 15.2 Å². The number of aliphatic carboxylic acids is 1. The Morgan fingerprint density at radius 2 is 1.96 bits per heavy atom. The van der Waals surface area contributed by atoms with Crippen LogP contribution in [0.1, 0.15) is 24.0 Å². The predicted octanol–water partition coefficient (Wildman–Crippen LogP) is 5.38. The molecule has 0 saturated heterocycles. The number of halogens is 3. The van der Waals surface area contributed by atoms with E-state index in [4.69, 9.17) is 9.84 Å². The molecule has 0 bridgehead atoms. The summed E-state index contributed by atoms with van der Waals surface area (Å²) in [5.74, 6) is -0.0432. The zero-order valence-electron chi connectivity index (χ0n) is 13.9. The van der Waals surface area contributed by atoms with Gasteiger partial charge in [-0.05, 0) is 74.4 Å². The molecule has 138 valence electrons. The number of anilines is 1. The Labute approximate surface area is 168 Å². The SMILES string of the molecule is O=C(O)Cc1cc(Br)c(OCc2cccc(NCC3CC3)c2F)c(Br)c1. The molecule has 1 aliphatic rings. The van der Waals surface area contributed by atoms with E-state index < -0.39 is 5.97 Å². The van der Waals surface area contributed by atoms with Gasteiger partial charge in [0.25, 0.3) is 0 Å². The van der Waals surface area contributed by atoms with Crippen molar-refractivity contribution in [3.63, 3.8) is 0 Å². The Balaban J connectivity index is 1.70. The molecule has 0 atom stereocenters. The molecule has 2 aromatic carbocycles.